The van der Waals surface area contributed by atoms with Gasteiger partial charge in [-0.3, -0.25) is 14.9 Å². The number of ether oxygens (including phenoxy) is 1. The molecule has 0 spiro atoms. The zero-order valence-electron chi connectivity index (χ0n) is 16.0. The Morgan fingerprint density at radius 1 is 1.18 bits per heavy atom. The van der Waals surface area contributed by atoms with Crippen LogP contribution in [0.5, 0.6) is 5.75 Å². The molecule has 1 fully saturated rings. The van der Waals surface area contributed by atoms with Crippen LogP contribution in [-0.4, -0.2) is 37.6 Å². The van der Waals surface area contributed by atoms with Gasteiger partial charge in [-0.1, -0.05) is 30.3 Å². The van der Waals surface area contributed by atoms with Crippen molar-refractivity contribution in [2.75, 3.05) is 31.6 Å². The van der Waals surface area contributed by atoms with E-state index >= 15 is 0 Å². The van der Waals surface area contributed by atoms with Crippen molar-refractivity contribution in [3.8, 4) is 5.75 Å². The van der Waals surface area contributed by atoms with Gasteiger partial charge >= 0.3 is 0 Å². The molecule has 148 valence electrons. The second-order valence-electron chi connectivity index (χ2n) is 6.86. The number of hydrogen-bond acceptors (Lipinski definition) is 5. The molecule has 1 amide bonds. The van der Waals surface area contributed by atoms with E-state index in [4.69, 9.17) is 4.74 Å². The van der Waals surface area contributed by atoms with Gasteiger partial charge in [-0.05, 0) is 37.0 Å². The molecule has 0 unspecified atom stereocenters. The highest BCUT2D eigenvalue weighted by atomic mass is 16.6. The fourth-order valence-electron chi connectivity index (χ4n) is 3.64. The summed E-state index contributed by atoms with van der Waals surface area (Å²) >= 11 is 0. The Balaban J connectivity index is 1.50. The number of methoxy groups -OCH3 is 1. The summed E-state index contributed by atoms with van der Waals surface area (Å²) in [6.45, 7) is 1.83. The largest absolute Gasteiger partial charge is 0.496 e. The molecule has 1 saturated heterocycles. The first kappa shape index (κ1) is 19.7. The molecule has 0 aliphatic carbocycles. The lowest BCUT2D eigenvalue weighted by atomic mass is 9.95. The molecular weight excluding hydrogens is 358 g/mol. The summed E-state index contributed by atoms with van der Waals surface area (Å²) in [5.74, 6) is 0.823. The van der Waals surface area contributed by atoms with Gasteiger partial charge in [-0.2, -0.15) is 0 Å². The molecule has 0 aromatic heterocycles. The number of para-hydroxylation sites is 3. The van der Waals surface area contributed by atoms with E-state index in [2.05, 4.69) is 5.32 Å². The van der Waals surface area contributed by atoms with Crippen molar-refractivity contribution in [2.45, 2.75) is 19.3 Å². The fraction of sp³-hybridized carbons (Fsp3) is 0.381. The van der Waals surface area contributed by atoms with Crippen molar-refractivity contribution >= 4 is 17.3 Å². The van der Waals surface area contributed by atoms with Gasteiger partial charge in [0.2, 0.25) is 5.91 Å². The maximum atomic E-state index is 12.5. The number of amides is 1. The van der Waals surface area contributed by atoms with Crippen LogP contribution in [0.2, 0.25) is 0 Å². The zero-order chi connectivity index (χ0) is 19.9. The van der Waals surface area contributed by atoms with Gasteiger partial charge in [-0.25, -0.2) is 0 Å². The number of benzene rings is 2. The van der Waals surface area contributed by atoms with Crippen LogP contribution in [-0.2, 0) is 11.2 Å². The molecule has 0 saturated carbocycles. The summed E-state index contributed by atoms with van der Waals surface area (Å²) in [5, 5.41) is 14.2. The third-order valence-corrected chi connectivity index (χ3v) is 5.17. The minimum absolute atomic E-state index is 0.0529. The summed E-state index contributed by atoms with van der Waals surface area (Å²) in [7, 11) is 1.64. The van der Waals surface area contributed by atoms with E-state index in [0.29, 0.717) is 44.6 Å². The SMILES string of the molecule is COc1ccccc1CCNC(=O)C1CCN(c2ccccc2[N+](=O)[O-])CC1. The first-order chi connectivity index (χ1) is 13.6. The number of nitrogens with zero attached hydrogens (tertiary/aromatic N) is 2. The average molecular weight is 383 g/mol. The summed E-state index contributed by atoms with van der Waals surface area (Å²) in [6.07, 6.45) is 2.09. The van der Waals surface area contributed by atoms with Crippen LogP contribution >= 0.6 is 0 Å². The number of carbonyl (C=O) groups is 1. The van der Waals surface area contributed by atoms with Gasteiger partial charge in [-0.15, -0.1) is 0 Å². The minimum Gasteiger partial charge on any atom is -0.496 e. The van der Waals surface area contributed by atoms with Crippen molar-refractivity contribution in [3.05, 3.63) is 64.2 Å². The van der Waals surface area contributed by atoms with Crippen molar-refractivity contribution in [1.29, 1.82) is 0 Å². The van der Waals surface area contributed by atoms with Crippen LogP contribution in [0, 0.1) is 16.0 Å². The number of nitro groups is 1. The minimum atomic E-state index is -0.355. The summed E-state index contributed by atoms with van der Waals surface area (Å²) in [5.41, 5.74) is 1.81. The first-order valence-electron chi connectivity index (χ1n) is 9.48. The number of hydrogen-bond donors (Lipinski definition) is 1. The maximum Gasteiger partial charge on any atom is 0.292 e. The van der Waals surface area contributed by atoms with Gasteiger partial charge in [0, 0.05) is 31.6 Å². The normalized spacial score (nSPS) is 14.5. The number of carbonyl (C=O) groups excluding carboxylic acids is 1. The summed E-state index contributed by atoms with van der Waals surface area (Å²) < 4.78 is 5.33. The van der Waals surface area contributed by atoms with Crippen molar-refractivity contribution in [1.82, 2.24) is 5.32 Å². The second-order valence-corrected chi connectivity index (χ2v) is 6.86. The van der Waals surface area contributed by atoms with Crippen molar-refractivity contribution in [2.24, 2.45) is 5.92 Å². The van der Waals surface area contributed by atoms with E-state index in [-0.39, 0.29) is 22.4 Å². The van der Waals surface area contributed by atoms with Crippen LogP contribution < -0.4 is 15.0 Å². The number of piperidine rings is 1. The molecule has 7 nitrogen and oxygen atoms in total. The Labute approximate surface area is 164 Å². The molecule has 1 aliphatic heterocycles. The third kappa shape index (κ3) is 4.60. The fourth-order valence-corrected chi connectivity index (χ4v) is 3.64. The van der Waals surface area contributed by atoms with Crippen molar-refractivity contribution in [3.63, 3.8) is 0 Å². The molecule has 1 N–H and O–H groups in total. The van der Waals surface area contributed by atoms with Gasteiger partial charge < -0.3 is 15.0 Å². The summed E-state index contributed by atoms with van der Waals surface area (Å²) in [4.78, 5) is 25.4. The van der Waals surface area contributed by atoms with Gasteiger partial charge in [0.15, 0.2) is 0 Å². The lowest BCUT2D eigenvalue weighted by Gasteiger charge is -2.32. The third-order valence-electron chi connectivity index (χ3n) is 5.17. The molecule has 0 radical (unpaired) electrons. The molecule has 28 heavy (non-hydrogen) atoms. The van der Waals surface area contributed by atoms with E-state index in [1.807, 2.05) is 29.2 Å². The van der Waals surface area contributed by atoms with E-state index < -0.39 is 0 Å². The second kappa shape index (κ2) is 9.21. The molecule has 2 aromatic rings. The Bertz CT molecular complexity index is 832. The van der Waals surface area contributed by atoms with Crippen LogP contribution in [0.1, 0.15) is 18.4 Å². The molecule has 0 bridgehead atoms. The van der Waals surface area contributed by atoms with Gasteiger partial charge in [0.25, 0.3) is 5.69 Å². The van der Waals surface area contributed by atoms with E-state index in [1.165, 1.54) is 6.07 Å². The van der Waals surface area contributed by atoms with Crippen molar-refractivity contribution < 1.29 is 14.5 Å². The van der Waals surface area contributed by atoms with Gasteiger partial charge in [0.05, 0.1) is 12.0 Å². The standard InChI is InChI=1S/C21H25N3O4/c1-28-20-9-5-2-6-16(20)10-13-22-21(25)17-11-14-23(15-12-17)18-7-3-4-8-19(18)24(26)27/h2-9,17H,10-15H2,1H3,(H,22,25). The number of anilines is 1. The Morgan fingerprint density at radius 2 is 1.86 bits per heavy atom. The molecule has 2 aromatic carbocycles. The van der Waals surface area contributed by atoms with E-state index in [0.717, 1.165) is 11.3 Å². The van der Waals surface area contributed by atoms with Crippen LogP contribution in [0.3, 0.4) is 0 Å². The molecule has 3 rings (SSSR count). The predicted molar refractivity (Wildman–Crippen MR) is 108 cm³/mol. The highest BCUT2D eigenvalue weighted by molar-refractivity contribution is 5.79. The quantitative estimate of drug-likeness (QED) is 0.586. The van der Waals surface area contributed by atoms with Crippen LogP contribution in [0.15, 0.2) is 48.5 Å². The highest BCUT2D eigenvalue weighted by Gasteiger charge is 2.27. The number of rotatable bonds is 7. The Kier molecular flexibility index (Phi) is 6.47. The smallest absolute Gasteiger partial charge is 0.292 e. The van der Waals surface area contributed by atoms with Crippen LogP contribution in [0.4, 0.5) is 11.4 Å². The van der Waals surface area contributed by atoms with E-state index in [9.17, 15) is 14.9 Å². The van der Waals surface area contributed by atoms with Crippen LogP contribution in [0.25, 0.3) is 0 Å². The molecular formula is C21H25N3O4. The predicted octanol–water partition coefficient (Wildman–Crippen LogP) is 3.18. The lowest BCUT2D eigenvalue weighted by Crippen LogP contribution is -2.41. The monoisotopic (exact) mass is 383 g/mol. The number of nitro benzene ring substituents is 1. The number of nitrogens with one attached hydrogen (secondary N) is 1. The highest BCUT2D eigenvalue weighted by Crippen LogP contribution is 2.31. The molecule has 1 heterocycles. The maximum absolute atomic E-state index is 12.5. The lowest BCUT2D eigenvalue weighted by molar-refractivity contribution is -0.384. The topological polar surface area (TPSA) is 84.7 Å². The van der Waals surface area contributed by atoms with E-state index in [1.54, 1.807) is 25.3 Å². The molecule has 0 atom stereocenters. The summed E-state index contributed by atoms with van der Waals surface area (Å²) in [6, 6.07) is 14.6. The zero-order valence-corrected chi connectivity index (χ0v) is 16.0. The Morgan fingerprint density at radius 3 is 2.57 bits per heavy atom. The van der Waals surface area contributed by atoms with Gasteiger partial charge in [0.1, 0.15) is 11.4 Å². The molecule has 7 heteroatoms. The Hall–Kier alpha value is -3.09. The molecule has 1 aliphatic rings. The average Bonchev–Trinajstić information content (AvgIpc) is 2.74. The first-order valence-corrected chi connectivity index (χ1v) is 9.48.